The number of aromatic nitrogens is 2. The minimum atomic E-state index is -0.671. The zero-order chi connectivity index (χ0) is 24.1. The quantitative estimate of drug-likeness (QED) is 0.147. The predicted molar refractivity (Wildman–Crippen MR) is 129 cm³/mol. The van der Waals surface area contributed by atoms with Crippen LogP contribution >= 0.6 is 0 Å². The number of nitrogens with zero attached hydrogens (tertiary/aromatic N) is 3. The molecule has 8 nitrogen and oxygen atoms in total. The number of Topliss-reactive ketones (excluding diaryl/α,β-unsaturated/α-hetero) is 1. The molecule has 1 aliphatic carbocycles. The lowest BCUT2D eigenvalue weighted by Crippen LogP contribution is -2.14. The van der Waals surface area contributed by atoms with Gasteiger partial charge in [-0.1, -0.05) is 36.4 Å². The summed E-state index contributed by atoms with van der Waals surface area (Å²) in [5, 5.41) is 13.0. The second-order valence-electron chi connectivity index (χ2n) is 8.14. The van der Waals surface area contributed by atoms with Gasteiger partial charge in [0.25, 0.3) is 5.69 Å². The maximum Gasteiger partial charge on any atom is 0.338 e. The van der Waals surface area contributed by atoms with E-state index in [0.29, 0.717) is 11.0 Å². The van der Waals surface area contributed by atoms with E-state index in [0.717, 1.165) is 33.3 Å². The molecule has 1 aliphatic rings. The summed E-state index contributed by atoms with van der Waals surface area (Å²) < 4.78 is 5.19. The molecule has 35 heavy (non-hydrogen) atoms. The number of ketones is 1. The molecular weight excluding hydrogens is 446 g/mol. The molecule has 0 amide bonds. The number of carbonyl (C=O) groups is 2. The summed E-state index contributed by atoms with van der Waals surface area (Å²) in [7, 11) is 0. The molecule has 5 aromatic rings. The van der Waals surface area contributed by atoms with Crippen LogP contribution in [0.25, 0.3) is 44.3 Å². The van der Waals surface area contributed by atoms with Crippen molar-refractivity contribution in [2.75, 3.05) is 6.61 Å². The average Bonchev–Trinajstić information content (AvgIpc) is 3.20. The van der Waals surface area contributed by atoms with E-state index in [1.54, 1.807) is 18.2 Å². The van der Waals surface area contributed by atoms with Crippen LogP contribution in [0.3, 0.4) is 0 Å². The molecular formula is C27H15N3O5. The van der Waals surface area contributed by atoms with Gasteiger partial charge in [0.15, 0.2) is 12.4 Å². The third-order valence-electron chi connectivity index (χ3n) is 6.05. The molecule has 0 radical (unpaired) electrons. The summed E-state index contributed by atoms with van der Waals surface area (Å²) in [4.78, 5) is 44.8. The molecule has 6 rings (SSSR count). The Hall–Kier alpha value is -4.98. The second kappa shape index (κ2) is 7.81. The van der Waals surface area contributed by atoms with Crippen molar-refractivity contribution in [3.8, 4) is 22.5 Å². The van der Waals surface area contributed by atoms with Crippen molar-refractivity contribution in [3.63, 3.8) is 0 Å². The Morgan fingerprint density at radius 1 is 0.800 bits per heavy atom. The first kappa shape index (κ1) is 20.6. The van der Waals surface area contributed by atoms with Crippen LogP contribution in [0, 0.1) is 10.1 Å². The van der Waals surface area contributed by atoms with E-state index in [9.17, 15) is 19.7 Å². The zero-order valence-electron chi connectivity index (χ0n) is 18.1. The lowest BCUT2D eigenvalue weighted by Gasteiger charge is -2.07. The number of ether oxygens (including phenoxy) is 1. The Balaban J connectivity index is 1.26. The van der Waals surface area contributed by atoms with Crippen molar-refractivity contribution in [3.05, 3.63) is 100 Å². The first-order valence-corrected chi connectivity index (χ1v) is 10.8. The van der Waals surface area contributed by atoms with Crippen molar-refractivity contribution >= 4 is 39.2 Å². The molecule has 168 valence electrons. The van der Waals surface area contributed by atoms with Crippen molar-refractivity contribution < 1.29 is 19.2 Å². The smallest absolute Gasteiger partial charge is 0.338 e. The van der Waals surface area contributed by atoms with Gasteiger partial charge in [-0.15, -0.1) is 0 Å². The predicted octanol–water partition coefficient (Wildman–Crippen LogP) is 5.38. The fourth-order valence-electron chi connectivity index (χ4n) is 4.36. The van der Waals surface area contributed by atoms with Crippen LogP contribution in [0.2, 0.25) is 0 Å². The summed E-state index contributed by atoms with van der Waals surface area (Å²) in [6.07, 6.45) is 0. The number of esters is 1. The van der Waals surface area contributed by atoms with Gasteiger partial charge < -0.3 is 4.74 Å². The van der Waals surface area contributed by atoms with Crippen molar-refractivity contribution in [2.24, 2.45) is 0 Å². The van der Waals surface area contributed by atoms with Gasteiger partial charge >= 0.3 is 5.97 Å². The maximum absolute atomic E-state index is 12.6. The highest BCUT2D eigenvalue weighted by atomic mass is 16.6. The Morgan fingerprint density at radius 3 is 2.09 bits per heavy atom. The monoisotopic (exact) mass is 461 g/mol. The highest BCUT2D eigenvalue weighted by Crippen LogP contribution is 2.45. The Bertz CT molecular complexity index is 1710. The minimum Gasteiger partial charge on any atom is -0.454 e. The van der Waals surface area contributed by atoms with Crippen LogP contribution in [0.4, 0.5) is 5.69 Å². The largest absolute Gasteiger partial charge is 0.454 e. The molecule has 1 heterocycles. The van der Waals surface area contributed by atoms with E-state index < -0.39 is 23.3 Å². The Morgan fingerprint density at radius 2 is 1.43 bits per heavy atom. The highest BCUT2D eigenvalue weighted by Gasteiger charge is 2.24. The number of hydrogen-bond acceptors (Lipinski definition) is 7. The number of fused-ring (bicyclic) bond motifs is 4. The van der Waals surface area contributed by atoms with Gasteiger partial charge in [-0.3, -0.25) is 14.9 Å². The lowest BCUT2D eigenvalue weighted by molar-refractivity contribution is -0.384. The lowest BCUT2D eigenvalue weighted by atomic mass is 10.0. The van der Waals surface area contributed by atoms with E-state index in [1.807, 2.05) is 24.3 Å². The topological polar surface area (TPSA) is 112 Å². The first-order chi connectivity index (χ1) is 17.0. The normalized spacial score (nSPS) is 11.4. The Kier molecular flexibility index (Phi) is 4.60. The average molecular weight is 461 g/mol. The van der Waals surface area contributed by atoms with Gasteiger partial charge in [-0.2, -0.15) is 0 Å². The molecule has 0 atom stereocenters. The van der Waals surface area contributed by atoms with Crippen LogP contribution in [-0.2, 0) is 4.74 Å². The fraction of sp³-hybridized carbons (Fsp3) is 0.0370. The summed E-state index contributed by atoms with van der Waals surface area (Å²) in [5.74, 6) is -1.13. The zero-order valence-corrected chi connectivity index (χ0v) is 18.1. The summed E-state index contributed by atoms with van der Waals surface area (Å²) >= 11 is 0. The third kappa shape index (κ3) is 3.39. The number of nitro groups is 1. The van der Waals surface area contributed by atoms with Crippen LogP contribution in [0.5, 0.6) is 0 Å². The number of nitro benzene ring substituents is 1. The highest BCUT2D eigenvalue weighted by molar-refractivity contribution is 6.14. The third-order valence-corrected chi connectivity index (χ3v) is 6.05. The van der Waals surface area contributed by atoms with Crippen molar-refractivity contribution in [1.82, 2.24) is 9.97 Å². The second-order valence-corrected chi connectivity index (χ2v) is 8.14. The van der Waals surface area contributed by atoms with Crippen LogP contribution in [-0.4, -0.2) is 33.3 Å². The maximum atomic E-state index is 12.6. The van der Waals surface area contributed by atoms with Crippen LogP contribution in [0.15, 0.2) is 78.9 Å². The molecule has 1 aromatic heterocycles. The molecule has 0 saturated carbocycles. The SMILES string of the molecule is O=C(COC(=O)c1ccc2nc3c(nc2c1)-c1cccc2cccc-3c12)c1ccc([N+](=O)[O-])cc1. The summed E-state index contributed by atoms with van der Waals surface area (Å²) in [6.45, 7) is -0.484. The summed E-state index contributed by atoms with van der Waals surface area (Å²) in [5.41, 5.74) is 5.16. The molecule has 0 saturated heterocycles. The van der Waals surface area contributed by atoms with Crippen molar-refractivity contribution in [1.29, 1.82) is 0 Å². The van der Waals surface area contributed by atoms with Gasteiger partial charge in [0.1, 0.15) is 0 Å². The van der Waals surface area contributed by atoms with Crippen molar-refractivity contribution in [2.45, 2.75) is 0 Å². The number of benzene rings is 4. The van der Waals surface area contributed by atoms with Gasteiger partial charge in [0.05, 0.1) is 32.9 Å². The van der Waals surface area contributed by atoms with E-state index in [1.165, 1.54) is 24.3 Å². The summed E-state index contributed by atoms with van der Waals surface area (Å²) in [6, 6.07) is 22.2. The Labute approximate surface area is 198 Å². The number of non-ortho nitro benzene ring substituents is 1. The molecule has 0 fully saturated rings. The first-order valence-electron chi connectivity index (χ1n) is 10.8. The molecule has 0 spiro atoms. The molecule has 0 unspecified atom stereocenters. The molecule has 0 bridgehead atoms. The molecule has 8 heteroatoms. The number of hydrogen-bond donors (Lipinski definition) is 0. The molecule has 0 aliphatic heterocycles. The van der Waals surface area contributed by atoms with Gasteiger partial charge in [0, 0.05) is 34.2 Å². The molecule has 4 aromatic carbocycles. The van der Waals surface area contributed by atoms with Crippen LogP contribution < -0.4 is 0 Å². The van der Waals surface area contributed by atoms with E-state index in [2.05, 4.69) is 12.1 Å². The van der Waals surface area contributed by atoms with Gasteiger partial charge in [-0.05, 0) is 35.7 Å². The number of rotatable bonds is 5. The van der Waals surface area contributed by atoms with Gasteiger partial charge in [-0.25, -0.2) is 14.8 Å². The standard InChI is InChI=1S/C27H15N3O5/c31-23(15-7-10-18(11-8-15)30(33)34)14-35-27(32)17-9-12-21-22(13-17)29-26-20-6-2-4-16-3-1-5-19(24(16)20)25(26)28-21/h1-13H,14H2. The number of carbonyl (C=O) groups excluding carboxylic acids is 2. The van der Waals surface area contributed by atoms with E-state index in [4.69, 9.17) is 14.7 Å². The minimum absolute atomic E-state index is 0.123. The van der Waals surface area contributed by atoms with Crippen LogP contribution in [0.1, 0.15) is 20.7 Å². The van der Waals surface area contributed by atoms with Gasteiger partial charge in [0.2, 0.25) is 0 Å². The van der Waals surface area contributed by atoms with E-state index >= 15 is 0 Å². The molecule has 0 N–H and O–H groups in total. The fourth-order valence-corrected chi connectivity index (χ4v) is 4.36. The van der Waals surface area contributed by atoms with E-state index in [-0.39, 0.29) is 16.8 Å².